The summed E-state index contributed by atoms with van der Waals surface area (Å²) < 4.78 is 5.62. The van der Waals surface area contributed by atoms with Gasteiger partial charge < -0.3 is 15.4 Å². The van der Waals surface area contributed by atoms with Gasteiger partial charge in [0.05, 0.1) is 12.2 Å². The van der Waals surface area contributed by atoms with Crippen LogP contribution in [0.4, 0.5) is 11.4 Å². The minimum atomic E-state index is -0.350. The summed E-state index contributed by atoms with van der Waals surface area (Å²) in [5.41, 5.74) is 2.65. The van der Waals surface area contributed by atoms with Crippen molar-refractivity contribution in [3.8, 4) is 5.75 Å². The summed E-state index contributed by atoms with van der Waals surface area (Å²) in [7, 11) is 0. The number of hydrogen-bond donors (Lipinski definition) is 3. The van der Waals surface area contributed by atoms with Crippen molar-refractivity contribution in [3.63, 3.8) is 0 Å². The number of nitrogens with one attached hydrogen (secondary N) is 3. The monoisotopic (exact) mass is 399 g/mol. The van der Waals surface area contributed by atoms with Gasteiger partial charge in [0.15, 0.2) is 5.11 Å². The van der Waals surface area contributed by atoms with Gasteiger partial charge in [-0.05, 0) is 55.4 Å². The lowest BCUT2D eigenvalue weighted by molar-refractivity contribution is -0.115. The molecule has 2 aromatic carbocycles. The van der Waals surface area contributed by atoms with Crippen LogP contribution in [0.3, 0.4) is 0 Å². The quantitative estimate of drug-likeness (QED) is 0.606. The van der Waals surface area contributed by atoms with Gasteiger partial charge in [0, 0.05) is 17.8 Å². The molecule has 148 valence electrons. The summed E-state index contributed by atoms with van der Waals surface area (Å²) in [4.78, 5) is 24.2. The Kier molecular flexibility index (Phi) is 7.95. The highest BCUT2D eigenvalue weighted by atomic mass is 32.1. The number of para-hydroxylation sites is 1. The zero-order chi connectivity index (χ0) is 20.5. The minimum absolute atomic E-state index is 0.0696. The van der Waals surface area contributed by atoms with Gasteiger partial charge in [-0.3, -0.25) is 14.9 Å². The first-order valence-electron chi connectivity index (χ1n) is 9.19. The second-order valence-corrected chi connectivity index (χ2v) is 6.54. The SMILES string of the molecule is CCCOc1ccccc1C(=O)NC(=S)Nc1cccc(NC(=O)CC)c1C. The predicted molar refractivity (Wildman–Crippen MR) is 116 cm³/mol. The second kappa shape index (κ2) is 10.4. The Labute approximate surface area is 170 Å². The standard InChI is InChI=1S/C21H25N3O3S/c1-4-13-27-18-12-7-6-9-15(18)20(26)24-21(28)23-17-11-8-10-16(14(17)3)22-19(25)5-2/h6-12H,4-5,13H2,1-3H3,(H,22,25)(H2,23,24,26,28). The molecule has 0 saturated carbocycles. The molecule has 0 fully saturated rings. The average Bonchev–Trinajstić information content (AvgIpc) is 2.69. The molecule has 0 heterocycles. The van der Waals surface area contributed by atoms with Gasteiger partial charge in [-0.25, -0.2) is 0 Å². The van der Waals surface area contributed by atoms with E-state index in [1.54, 1.807) is 31.2 Å². The van der Waals surface area contributed by atoms with E-state index in [-0.39, 0.29) is 16.9 Å². The number of hydrogen-bond acceptors (Lipinski definition) is 4. The Morgan fingerprint density at radius 1 is 1.00 bits per heavy atom. The largest absolute Gasteiger partial charge is 0.493 e. The average molecular weight is 400 g/mol. The van der Waals surface area contributed by atoms with Crippen molar-refractivity contribution < 1.29 is 14.3 Å². The van der Waals surface area contributed by atoms with Crippen molar-refractivity contribution in [1.29, 1.82) is 0 Å². The topological polar surface area (TPSA) is 79.5 Å². The van der Waals surface area contributed by atoms with Crippen LogP contribution >= 0.6 is 12.2 Å². The number of amides is 2. The van der Waals surface area contributed by atoms with Crippen LogP contribution < -0.4 is 20.7 Å². The van der Waals surface area contributed by atoms with E-state index in [0.717, 1.165) is 12.0 Å². The van der Waals surface area contributed by atoms with Crippen LogP contribution in [0.2, 0.25) is 0 Å². The summed E-state index contributed by atoms with van der Waals surface area (Å²) >= 11 is 5.29. The lowest BCUT2D eigenvalue weighted by Gasteiger charge is -2.16. The van der Waals surface area contributed by atoms with Crippen LogP contribution in [0.25, 0.3) is 0 Å². The normalized spacial score (nSPS) is 10.1. The third-order valence-corrected chi connectivity index (χ3v) is 4.20. The zero-order valence-electron chi connectivity index (χ0n) is 16.3. The Balaban J connectivity index is 2.08. The summed E-state index contributed by atoms with van der Waals surface area (Å²) in [5.74, 6) is 0.0993. The van der Waals surface area contributed by atoms with E-state index in [1.807, 2.05) is 32.0 Å². The van der Waals surface area contributed by atoms with Gasteiger partial charge in [-0.1, -0.05) is 32.0 Å². The molecule has 0 aliphatic rings. The molecule has 2 rings (SSSR count). The molecule has 2 amide bonds. The van der Waals surface area contributed by atoms with Gasteiger partial charge in [0.25, 0.3) is 5.91 Å². The highest BCUT2D eigenvalue weighted by molar-refractivity contribution is 7.80. The summed E-state index contributed by atoms with van der Waals surface area (Å²) in [6.07, 6.45) is 1.24. The van der Waals surface area contributed by atoms with Crippen LogP contribution in [-0.2, 0) is 4.79 Å². The van der Waals surface area contributed by atoms with E-state index < -0.39 is 0 Å². The first-order valence-corrected chi connectivity index (χ1v) is 9.60. The molecule has 28 heavy (non-hydrogen) atoms. The van der Waals surface area contributed by atoms with Crippen molar-refractivity contribution in [2.75, 3.05) is 17.2 Å². The van der Waals surface area contributed by atoms with Gasteiger partial charge >= 0.3 is 0 Å². The molecule has 2 aromatic rings. The van der Waals surface area contributed by atoms with Gasteiger partial charge in [-0.2, -0.15) is 0 Å². The molecule has 0 saturated heterocycles. The molecule has 0 aliphatic heterocycles. The molecule has 7 heteroatoms. The molecule has 0 radical (unpaired) electrons. The number of thiocarbonyl (C=S) groups is 1. The van der Waals surface area contributed by atoms with E-state index in [0.29, 0.717) is 35.7 Å². The molecule has 0 aromatic heterocycles. The van der Waals surface area contributed by atoms with E-state index in [4.69, 9.17) is 17.0 Å². The first-order chi connectivity index (χ1) is 13.5. The Bertz CT molecular complexity index is 868. The molecule has 0 spiro atoms. The van der Waals surface area contributed by atoms with E-state index in [9.17, 15) is 9.59 Å². The number of benzene rings is 2. The van der Waals surface area contributed by atoms with Gasteiger partial charge in [0.1, 0.15) is 5.75 Å². The van der Waals surface area contributed by atoms with Crippen molar-refractivity contribution in [2.24, 2.45) is 0 Å². The number of carbonyl (C=O) groups is 2. The highest BCUT2D eigenvalue weighted by Crippen LogP contribution is 2.23. The summed E-state index contributed by atoms with van der Waals surface area (Å²) in [6.45, 7) is 6.19. The zero-order valence-corrected chi connectivity index (χ0v) is 17.1. The maximum atomic E-state index is 12.6. The fraction of sp³-hybridized carbons (Fsp3) is 0.286. The molecule has 3 N–H and O–H groups in total. The van der Waals surface area contributed by atoms with Crippen LogP contribution in [0.15, 0.2) is 42.5 Å². The first kappa shape index (κ1) is 21.4. The maximum absolute atomic E-state index is 12.6. The molecular weight excluding hydrogens is 374 g/mol. The fourth-order valence-electron chi connectivity index (χ4n) is 2.46. The van der Waals surface area contributed by atoms with Crippen LogP contribution in [0, 0.1) is 6.92 Å². The Morgan fingerprint density at radius 2 is 1.68 bits per heavy atom. The van der Waals surface area contributed by atoms with Crippen molar-refractivity contribution in [2.45, 2.75) is 33.6 Å². The van der Waals surface area contributed by atoms with E-state index >= 15 is 0 Å². The minimum Gasteiger partial charge on any atom is -0.493 e. The molecule has 0 atom stereocenters. The Morgan fingerprint density at radius 3 is 2.36 bits per heavy atom. The lowest BCUT2D eigenvalue weighted by Crippen LogP contribution is -2.34. The molecule has 0 aliphatic carbocycles. The maximum Gasteiger partial charge on any atom is 0.261 e. The predicted octanol–water partition coefficient (Wildman–Crippen LogP) is 4.26. The van der Waals surface area contributed by atoms with E-state index in [1.165, 1.54) is 0 Å². The number of anilines is 2. The molecule has 0 unspecified atom stereocenters. The molecule has 0 bridgehead atoms. The van der Waals surface area contributed by atoms with Gasteiger partial charge in [0.2, 0.25) is 5.91 Å². The van der Waals surface area contributed by atoms with Gasteiger partial charge in [-0.15, -0.1) is 0 Å². The van der Waals surface area contributed by atoms with E-state index in [2.05, 4.69) is 16.0 Å². The summed E-state index contributed by atoms with van der Waals surface area (Å²) in [5, 5.41) is 8.69. The smallest absolute Gasteiger partial charge is 0.261 e. The van der Waals surface area contributed by atoms with Crippen molar-refractivity contribution >= 4 is 40.5 Å². The third kappa shape index (κ3) is 5.79. The number of ether oxygens (including phenoxy) is 1. The third-order valence-electron chi connectivity index (χ3n) is 4.00. The number of rotatable bonds is 7. The molecule has 6 nitrogen and oxygen atoms in total. The molecular formula is C21H25N3O3S. The Hall–Kier alpha value is -2.93. The van der Waals surface area contributed by atoms with Crippen LogP contribution in [0.5, 0.6) is 5.75 Å². The van der Waals surface area contributed by atoms with Crippen LogP contribution in [0.1, 0.15) is 42.6 Å². The number of carbonyl (C=O) groups excluding carboxylic acids is 2. The van der Waals surface area contributed by atoms with Crippen molar-refractivity contribution in [3.05, 3.63) is 53.6 Å². The second-order valence-electron chi connectivity index (χ2n) is 6.13. The van der Waals surface area contributed by atoms with Crippen LogP contribution in [-0.4, -0.2) is 23.5 Å². The lowest BCUT2D eigenvalue weighted by atomic mass is 10.1. The summed E-state index contributed by atoms with van der Waals surface area (Å²) in [6, 6.07) is 12.5. The highest BCUT2D eigenvalue weighted by Gasteiger charge is 2.14. The van der Waals surface area contributed by atoms with Crippen molar-refractivity contribution in [1.82, 2.24) is 5.32 Å². The fourth-order valence-corrected chi connectivity index (χ4v) is 2.66.